The minimum absolute atomic E-state index is 0.720. The fourth-order valence-electron chi connectivity index (χ4n) is 0.731. The Morgan fingerprint density at radius 3 is 2.80 bits per heavy atom. The minimum atomic E-state index is 0.720. The maximum atomic E-state index is 4.39. The van der Waals surface area contributed by atoms with Gasteiger partial charge in [0.15, 0.2) is 5.17 Å². The van der Waals surface area contributed by atoms with Crippen molar-refractivity contribution in [1.82, 2.24) is 4.90 Å². The van der Waals surface area contributed by atoms with Crippen LogP contribution in [0.5, 0.6) is 0 Å². The van der Waals surface area contributed by atoms with Crippen molar-refractivity contribution in [3.8, 4) is 0 Å². The number of amidine groups is 1. The third-order valence-electron chi connectivity index (χ3n) is 1.26. The van der Waals surface area contributed by atoms with Gasteiger partial charge in [-0.1, -0.05) is 34.4 Å². The molecule has 1 atom stereocenters. The van der Waals surface area contributed by atoms with Gasteiger partial charge in [-0.15, -0.1) is 0 Å². The summed E-state index contributed by atoms with van der Waals surface area (Å²) in [5.74, 6) is 0. The lowest BCUT2D eigenvalue weighted by Crippen LogP contribution is -2.17. The average molecular weight is 270 g/mol. The van der Waals surface area contributed by atoms with Gasteiger partial charge in [0.25, 0.3) is 0 Å². The molecule has 0 fully saturated rings. The number of hydrogen-bond acceptors (Lipinski definition) is 3. The number of hydrogen-bond donors (Lipinski definition) is 0. The molecule has 0 bridgehead atoms. The summed E-state index contributed by atoms with van der Waals surface area (Å²) in [4.78, 5) is 6.47. The number of halogens is 1. The molecule has 1 rings (SSSR count). The third kappa shape index (κ3) is 2.02. The highest BCUT2D eigenvalue weighted by atomic mass is 127. The Morgan fingerprint density at radius 2 is 2.50 bits per heavy atom. The van der Waals surface area contributed by atoms with E-state index in [0.717, 1.165) is 11.8 Å². The quantitative estimate of drug-likeness (QED) is 0.529. The second kappa shape index (κ2) is 3.80. The SMILES string of the molecule is CN(C)C1=NC[C@H](CI)S1. The van der Waals surface area contributed by atoms with Crippen molar-refractivity contribution >= 4 is 39.5 Å². The number of thioether (sulfide) groups is 1. The third-order valence-corrected chi connectivity index (χ3v) is 4.27. The molecule has 0 aromatic rings. The van der Waals surface area contributed by atoms with Gasteiger partial charge in [-0.05, 0) is 0 Å². The summed E-state index contributed by atoms with van der Waals surface area (Å²) in [6.45, 7) is 1.00. The summed E-state index contributed by atoms with van der Waals surface area (Å²) in [7, 11) is 4.09. The molecule has 10 heavy (non-hydrogen) atoms. The van der Waals surface area contributed by atoms with Crippen LogP contribution in [0.1, 0.15) is 0 Å². The average Bonchev–Trinajstić information content (AvgIpc) is 2.34. The second-order valence-corrected chi connectivity index (χ2v) is 4.56. The van der Waals surface area contributed by atoms with Gasteiger partial charge in [0, 0.05) is 23.8 Å². The van der Waals surface area contributed by atoms with Gasteiger partial charge < -0.3 is 4.90 Å². The standard InChI is InChI=1S/C6H11IN2S/c1-9(2)6-8-4-5(3-7)10-6/h5H,3-4H2,1-2H3/t5-/m0/s1. The highest BCUT2D eigenvalue weighted by molar-refractivity contribution is 14.1. The summed E-state index contributed by atoms with van der Waals surface area (Å²) in [6, 6.07) is 0. The van der Waals surface area contributed by atoms with Crippen LogP contribution in [-0.4, -0.2) is 40.4 Å². The first-order valence-electron chi connectivity index (χ1n) is 3.18. The normalized spacial score (nSPS) is 24.7. The van der Waals surface area contributed by atoms with Crippen molar-refractivity contribution in [3.63, 3.8) is 0 Å². The molecule has 1 aliphatic rings. The predicted octanol–water partition coefficient (Wildman–Crippen LogP) is 1.45. The smallest absolute Gasteiger partial charge is 0.159 e. The molecular weight excluding hydrogens is 259 g/mol. The van der Waals surface area contributed by atoms with Gasteiger partial charge in [0.1, 0.15) is 0 Å². The van der Waals surface area contributed by atoms with Gasteiger partial charge in [0.2, 0.25) is 0 Å². The van der Waals surface area contributed by atoms with Crippen LogP contribution in [0.25, 0.3) is 0 Å². The summed E-state index contributed by atoms with van der Waals surface area (Å²) < 4.78 is 1.20. The highest BCUT2D eigenvalue weighted by Gasteiger charge is 2.18. The monoisotopic (exact) mass is 270 g/mol. The summed E-state index contributed by atoms with van der Waals surface area (Å²) in [6.07, 6.45) is 0. The Labute approximate surface area is 79.6 Å². The molecule has 0 aromatic carbocycles. The van der Waals surface area contributed by atoms with Crippen LogP contribution in [0.3, 0.4) is 0 Å². The van der Waals surface area contributed by atoms with E-state index in [1.54, 1.807) is 0 Å². The largest absolute Gasteiger partial charge is 0.358 e. The number of alkyl halides is 1. The topological polar surface area (TPSA) is 15.6 Å². The predicted molar refractivity (Wildman–Crippen MR) is 56.3 cm³/mol. The molecule has 1 aliphatic heterocycles. The fourth-order valence-corrected chi connectivity index (χ4v) is 2.42. The van der Waals surface area contributed by atoms with E-state index < -0.39 is 0 Å². The van der Waals surface area contributed by atoms with E-state index in [1.807, 2.05) is 25.9 Å². The first-order valence-corrected chi connectivity index (χ1v) is 5.59. The van der Waals surface area contributed by atoms with Crippen LogP contribution in [0.2, 0.25) is 0 Å². The lowest BCUT2D eigenvalue weighted by Gasteiger charge is -2.10. The molecule has 58 valence electrons. The molecule has 0 saturated carbocycles. The Hall–Kier alpha value is 0.550. The molecular formula is C6H11IN2S. The van der Waals surface area contributed by atoms with Crippen LogP contribution in [-0.2, 0) is 0 Å². The van der Waals surface area contributed by atoms with Gasteiger partial charge >= 0.3 is 0 Å². The van der Waals surface area contributed by atoms with Gasteiger partial charge in [-0.25, -0.2) is 0 Å². The van der Waals surface area contributed by atoms with E-state index in [0.29, 0.717) is 0 Å². The maximum Gasteiger partial charge on any atom is 0.159 e. The number of rotatable bonds is 1. The number of aliphatic imine (C=N–C) groups is 1. The lowest BCUT2D eigenvalue weighted by molar-refractivity contribution is 0.635. The van der Waals surface area contributed by atoms with Crippen molar-refractivity contribution in [2.45, 2.75) is 5.25 Å². The summed E-state index contributed by atoms with van der Waals surface area (Å²) in [5, 5.41) is 1.90. The molecule has 0 aliphatic carbocycles. The Balaban J connectivity index is 2.39. The van der Waals surface area contributed by atoms with E-state index in [9.17, 15) is 0 Å². The molecule has 0 unspecified atom stereocenters. The van der Waals surface area contributed by atoms with E-state index in [2.05, 4.69) is 32.5 Å². The number of nitrogens with zero attached hydrogens (tertiary/aromatic N) is 2. The van der Waals surface area contributed by atoms with Gasteiger partial charge in [0.05, 0.1) is 6.54 Å². The zero-order chi connectivity index (χ0) is 7.56. The molecule has 0 amide bonds. The van der Waals surface area contributed by atoms with Crippen molar-refractivity contribution in [3.05, 3.63) is 0 Å². The molecule has 0 N–H and O–H groups in total. The van der Waals surface area contributed by atoms with Gasteiger partial charge in [-0.2, -0.15) is 0 Å². The first-order chi connectivity index (χ1) is 4.74. The molecule has 4 heteroatoms. The molecule has 2 nitrogen and oxygen atoms in total. The molecule has 0 radical (unpaired) electrons. The molecule has 0 spiro atoms. The van der Waals surface area contributed by atoms with Crippen LogP contribution >= 0.6 is 34.4 Å². The van der Waals surface area contributed by atoms with Crippen LogP contribution < -0.4 is 0 Å². The van der Waals surface area contributed by atoms with E-state index in [4.69, 9.17) is 0 Å². The van der Waals surface area contributed by atoms with Crippen LogP contribution in [0.15, 0.2) is 4.99 Å². The van der Waals surface area contributed by atoms with Crippen molar-refractivity contribution in [2.24, 2.45) is 4.99 Å². The van der Waals surface area contributed by atoms with E-state index >= 15 is 0 Å². The summed E-state index contributed by atoms with van der Waals surface area (Å²) >= 11 is 4.30. The van der Waals surface area contributed by atoms with E-state index in [-0.39, 0.29) is 0 Å². The fraction of sp³-hybridized carbons (Fsp3) is 0.833. The van der Waals surface area contributed by atoms with Crippen molar-refractivity contribution in [1.29, 1.82) is 0 Å². The molecule has 0 aromatic heterocycles. The molecule has 0 saturated heterocycles. The first kappa shape index (κ1) is 8.64. The lowest BCUT2D eigenvalue weighted by atomic mass is 10.5. The van der Waals surface area contributed by atoms with Gasteiger partial charge in [-0.3, -0.25) is 4.99 Å². The minimum Gasteiger partial charge on any atom is -0.358 e. The zero-order valence-corrected chi connectivity index (χ0v) is 9.15. The Bertz CT molecular complexity index is 147. The van der Waals surface area contributed by atoms with Crippen LogP contribution in [0.4, 0.5) is 0 Å². The zero-order valence-electron chi connectivity index (χ0n) is 6.17. The highest BCUT2D eigenvalue weighted by Crippen LogP contribution is 2.23. The Morgan fingerprint density at radius 1 is 1.80 bits per heavy atom. The Kier molecular flexibility index (Phi) is 3.29. The second-order valence-electron chi connectivity index (χ2n) is 2.41. The van der Waals surface area contributed by atoms with Crippen LogP contribution in [0, 0.1) is 0 Å². The van der Waals surface area contributed by atoms with Crippen molar-refractivity contribution < 1.29 is 0 Å². The van der Waals surface area contributed by atoms with Crippen molar-refractivity contribution in [2.75, 3.05) is 25.1 Å². The van der Waals surface area contributed by atoms with E-state index in [1.165, 1.54) is 9.60 Å². The maximum absolute atomic E-state index is 4.39. The molecule has 1 heterocycles. The summed E-state index contributed by atoms with van der Waals surface area (Å²) in [5.41, 5.74) is 0.